The lowest BCUT2D eigenvalue weighted by molar-refractivity contribution is -0.142. The van der Waals surface area contributed by atoms with Crippen molar-refractivity contribution in [1.82, 2.24) is 10.2 Å². The smallest absolute Gasteiger partial charge is 0.420 e. The molecule has 0 aliphatic heterocycles. The molecule has 0 aliphatic rings. The summed E-state index contributed by atoms with van der Waals surface area (Å²) >= 11 is 0. The Kier molecular flexibility index (Phi) is 3.58. The Labute approximate surface area is 95.6 Å². The van der Waals surface area contributed by atoms with Crippen LogP contribution in [-0.4, -0.2) is 27.4 Å². The normalized spacial score (nSPS) is 12.8. The summed E-state index contributed by atoms with van der Waals surface area (Å²) in [6.45, 7) is 0. The van der Waals surface area contributed by atoms with E-state index in [1.54, 1.807) is 5.10 Å². The zero-order chi connectivity index (χ0) is 14.1. The van der Waals surface area contributed by atoms with Gasteiger partial charge in [-0.3, -0.25) is 5.10 Å². The minimum Gasteiger partial charge on any atom is -0.476 e. The molecule has 10 heteroatoms. The summed E-state index contributed by atoms with van der Waals surface area (Å²) in [5.41, 5.74) is -3.89. The van der Waals surface area contributed by atoms with E-state index in [9.17, 15) is 31.1 Å². The number of halogens is 6. The van der Waals surface area contributed by atoms with Gasteiger partial charge in [-0.05, 0) is 6.42 Å². The van der Waals surface area contributed by atoms with Crippen LogP contribution >= 0.6 is 0 Å². The molecule has 0 aromatic carbocycles. The van der Waals surface area contributed by atoms with E-state index in [0.717, 1.165) is 0 Å². The second kappa shape index (κ2) is 4.50. The number of carboxylic acids is 1. The van der Waals surface area contributed by atoms with Gasteiger partial charge in [-0.2, -0.15) is 31.4 Å². The van der Waals surface area contributed by atoms with Crippen LogP contribution in [0.15, 0.2) is 0 Å². The van der Waals surface area contributed by atoms with E-state index < -0.39 is 48.1 Å². The molecule has 0 aliphatic carbocycles. The van der Waals surface area contributed by atoms with E-state index in [0.29, 0.717) is 0 Å². The molecule has 2 N–H and O–H groups in total. The first-order chi connectivity index (χ1) is 8.02. The van der Waals surface area contributed by atoms with Gasteiger partial charge in [0.05, 0.1) is 0 Å². The summed E-state index contributed by atoms with van der Waals surface area (Å²) in [4.78, 5) is 10.5. The number of H-pyrrole nitrogens is 1. The van der Waals surface area contributed by atoms with Crippen LogP contribution in [0.4, 0.5) is 26.3 Å². The predicted molar refractivity (Wildman–Crippen MR) is 44.9 cm³/mol. The lowest BCUT2D eigenvalue weighted by atomic mass is 10.1. The first-order valence-electron chi connectivity index (χ1n) is 4.47. The number of aromatic nitrogens is 2. The van der Waals surface area contributed by atoms with Gasteiger partial charge in [-0.1, -0.05) is 0 Å². The average Bonchev–Trinajstić information content (AvgIpc) is 2.56. The van der Waals surface area contributed by atoms with Crippen LogP contribution in [0.1, 0.15) is 28.2 Å². The molecule has 0 unspecified atom stereocenters. The molecule has 0 amide bonds. The Balaban J connectivity index is 3.10. The SMILES string of the molecule is O=C(O)c1n[nH]c(CCC(F)(F)F)c1C(F)(F)F. The van der Waals surface area contributed by atoms with Gasteiger partial charge in [0.1, 0.15) is 5.56 Å². The van der Waals surface area contributed by atoms with Crippen molar-refractivity contribution in [3.8, 4) is 0 Å². The van der Waals surface area contributed by atoms with Crippen LogP contribution in [0.5, 0.6) is 0 Å². The number of aromatic amines is 1. The summed E-state index contributed by atoms with van der Waals surface area (Å²) in [7, 11) is 0. The summed E-state index contributed by atoms with van der Waals surface area (Å²) in [5.74, 6) is -1.96. The van der Waals surface area contributed by atoms with E-state index in [2.05, 4.69) is 5.10 Å². The van der Waals surface area contributed by atoms with Crippen LogP contribution < -0.4 is 0 Å². The highest BCUT2D eigenvalue weighted by Crippen LogP contribution is 2.35. The van der Waals surface area contributed by atoms with Crippen LogP contribution in [-0.2, 0) is 12.6 Å². The number of rotatable bonds is 3. The van der Waals surface area contributed by atoms with Crippen molar-refractivity contribution in [2.45, 2.75) is 25.2 Å². The zero-order valence-electron chi connectivity index (χ0n) is 8.48. The lowest BCUT2D eigenvalue weighted by Crippen LogP contribution is -2.15. The fraction of sp³-hybridized carbons (Fsp3) is 0.500. The van der Waals surface area contributed by atoms with Crippen LogP contribution in [0.2, 0.25) is 0 Å². The molecule has 4 nitrogen and oxygen atoms in total. The quantitative estimate of drug-likeness (QED) is 0.834. The summed E-state index contributed by atoms with van der Waals surface area (Å²) in [6, 6.07) is 0. The molecule has 1 rings (SSSR count). The Morgan fingerprint density at radius 1 is 1.22 bits per heavy atom. The highest BCUT2D eigenvalue weighted by Gasteiger charge is 2.41. The highest BCUT2D eigenvalue weighted by atomic mass is 19.4. The first kappa shape index (κ1) is 14.3. The van der Waals surface area contributed by atoms with Crippen molar-refractivity contribution < 1.29 is 36.2 Å². The van der Waals surface area contributed by atoms with E-state index in [-0.39, 0.29) is 0 Å². The number of hydrogen-bond acceptors (Lipinski definition) is 2. The van der Waals surface area contributed by atoms with Crippen molar-refractivity contribution in [1.29, 1.82) is 0 Å². The second-order valence-corrected chi connectivity index (χ2v) is 3.34. The molecule has 0 bridgehead atoms. The maximum atomic E-state index is 12.5. The zero-order valence-corrected chi connectivity index (χ0v) is 8.48. The molecule has 1 aromatic rings. The number of nitrogens with one attached hydrogen (secondary N) is 1. The third-order valence-electron chi connectivity index (χ3n) is 1.99. The standard InChI is InChI=1S/C8H6F6N2O2/c9-7(10,11)2-1-3-4(8(12,13)14)5(6(17)18)16-15-3/h1-2H2,(H,15,16)(H,17,18). The monoisotopic (exact) mass is 276 g/mol. The third kappa shape index (κ3) is 3.37. The molecule has 0 saturated carbocycles. The first-order valence-corrected chi connectivity index (χ1v) is 4.47. The third-order valence-corrected chi connectivity index (χ3v) is 1.99. The van der Waals surface area contributed by atoms with Crippen LogP contribution in [0, 0.1) is 0 Å². The summed E-state index contributed by atoms with van der Waals surface area (Å²) in [5, 5.41) is 13.0. The Morgan fingerprint density at radius 3 is 2.17 bits per heavy atom. The van der Waals surface area contributed by atoms with Crippen molar-refractivity contribution in [3.63, 3.8) is 0 Å². The molecule has 0 spiro atoms. The molecule has 0 saturated heterocycles. The topological polar surface area (TPSA) is 66.0 Å². The van der Waals surface area contributed by atoms with Gasteiger partial charge in [0.25, 0.3) is 0 Å². The maximum absolute atomic E-state index is 12.5. The Morgan fingerprint density at radius 2 is 1.78 bits per heavy atom. The number of aromatic carboxylic acids is 1. The number of nitrogens with zero attached hydrogens (tertiary/aromatic N) is 1. The lowest BCUT2D eigenvalue weighted by Gasteiger charge is -2.09. The van der Waals surface area contributed by atoms with E-state index in [1.807, 2.05) is 0 Å². The minimum absolute atomic E-state index is 0.891. The maximum Gasteiger partial charge on any atom is 0.420 e. The number of carbonyl (C=O) groups is 1. The largest absolute Gasteiger partial charge is 0.476 e. The minimum atomic E-state index is -5.08. The van der Waals surface area contributed by atoms with Crippen molar-refractivity contribution >= 4 is 5.97 Å². The molecule has 1 heterocycles. The number of alkyl halides is 6. The predicted octanol–water partition coefficient (Wildman–Crippen LogP) is 2.62. The fourth-order valence-corrected chi connectivity index (χ4v) is 1.29. The van der Waals surface area contributed by atoms with Crippen molar-refractivity contribution in [2.24, 2.45) is 0 Å². The van der Waals surface area contributed by atoms with Crippen LogP contribution in [0.25, 0.3) is 0 Å². The molecule has 0 fully saturated rings. The van der Waals surface area contributed by atoms with Gasteiger partial charge in [0, 0.05) is 12.1 Å². The molecule has 0 radical (unpaired) electrons. The average molecular weight is 276 g/mol. The molecular weight excluding hydrogens is 270 g/mol. The van der Waals surface area contributed by atoms with Crippen LogP contribution in [0.3, 0.4) is 0 Å². The molecule has 1 aromatic heterocycles. The van der Waals surface area contributed by atoms with Gasteiger partial charge in [0.15, 0.2) is 5.69 Å². The molecular formula is C8H6F6N2O2. The van der Waals surface area contributed by atoms with Gasteiger partial charge < -0.3 is 5.11 Å². The van der Waals surface area contributed by atoms with Gasteiger partial charge in [-0.25, -0.2) is 4.79 Å². The van der Waals surface area contributed by atoms with Gasteiger partial charge in [0.2, 0.25) is 0 Å². The Hall–Kier alpha value is -1.74. The van der Waals surface area contributed by atoms with E-state index in [1.165, 1.54) is 0 Å². The van der Waals surface area contributed by atoms with E-state index in [4.69, 9.17) is 5.11 Å². The Bertz CT molecular complexity index is 447. The fourth-order valence-electron chi connectivity index (χ4n) is 1.29. The summed E-state index contributed by atoms with van der Waals surface area (Å²) in [6.07, 6.45) is -12.2. The van der Waals surface area contributed by atoms with Gasteiger partial charge >= 0.3 is 18.3 Å². The summed E-state index contributed by atoms with van der Waals surface area (Å²) < 4.78 is 73.3. The molecule has 18 heavy (non-hydrogen) atoms. The van der Waals surface area contributed by atoms with Crippen molar-refractivity contribution in [2.75, 3.05) is 0 Å². The second-order valence-electron chi connectivity index (χ2n) is 3.34. The van der Waals surface area contributed by atoms with E-state index >= 15 is 0 Å². The number of carboxylic acid groups (broad SMARTS) is 1. The highest BCUT2D eigenvalue weighted by molar-refractivity contribution is 5.87. The number of hydrogen-bond donors (Lipinski definition) is 2. The number of aryl methyl sites for hydroxylation is 1. The molecule has 0 atom stereocenters. The van der Waals surface area contributed by atoms with Crippen molar-refractivity contribution in [3.05, 3.63) is 17.0 Å². The molecule has 102 valence electrons. The van der Waals surface area contributed by atoms with Gasteiger partial charge in [-0.15, -0.1) is 0 Å².